The second-order valence-electron chi connectivity index (χ2n) is 3.88. The number of rotatable bonds is 2. The fourth-order valence-electron chi connectivity index (χ4n) is 2.10. The van der Waals surface area contributed by atoms with E-state index in [4.69, 9.17) is 5.73 Å². The highest BCUT2D eigenvalue weighted by Crippen LogP contribution is 2.33. The third-order valence-electron chi connectivity index (χ3n) is 2.87. The predicted molar refractivity (Wildman–Crippen MR) is 66.0 cm³/mol. The molecule has 0 bridgehead atoms. The molecule has 1 fully saturated rings. The van der Waals surface area contributed by atoms with E-state index in [1.54, 1.807) is 0 Å². The molecule has 0 aliphatic carbocycles. The molecule has 1 heterocycles. The summed E-state index contributed by atoms with van der Waals surface area (Å²) < 4.78 is 1.00. The largest absolute Gasteiger partial charge is 0.399 e. The first-order valence-corrected chi connectivity index (χ1v) is 5.94. The van der Waals surface area contributed by atoms with Crippen LogP contribution in [0.5, 0.6) is 0 Å². The molecule has 1 aromatic carbocycles. The summed E-state index contributed by atoms with van der Waals surface area (Å²) in [5, 5.41) is 9.26. The first-order valence-electron chi connectivity index (χ1n) is 5.15. The Balaban J connectivity index is 2.28. The van der Waals surface area contributed by atoms with Gasteiger partial charge in [-0.25, -0.2) is 0 Å². The molecule has 1 atom stereocenters. The Kier molecular flexibility index (Phi) is 3.17. The predicted octanol–water partition coefficient (Wildman–Crippen LogP) is 1.99. The lowest BCUT2D eigenvalue weighted by Crippen LogP contribution is -2.32. The highest BCUT2D eigenvalue weighted by atomic mass is 79.9. The number of aliphatic hydroxyl groups is 1. The Morgan fingerprint density at radius 3 is 3.00 bits per heavy atom. The van der Waals surface area contributed by atoms with Crippen molar-refractivity contribution >= 4 is 27.3 Å². The molecule has 0 aromatic heterocycles. The smallest absolute Gasteiger partial charge is 0.0635 e. The Morgan fingerprint density at radius 2 is 2.33 bits per heavy atom. The molecular formula is C11H15BrN2O. The minimum absolute atomic E-state index is 0.219. The standard InChI is InChI=1S/C11H15BrN2O/c12-10-6-8(13)3-4-11(10)14-5-1-2-9(14)7-15/h3-4,6,9,15H,1-2,5,7,13H2. The maximum Gasteiger partial charge on any atom is 0.0635 e. The highest BCUT2D eigenvalue weighted by molar-refractivity contribution is 9.10. The van der Waals surface area contributed by atoms with Crippen molar-refractivity contribution in [2.45, 2.75) is 18.9 Å². The number of aliphatic hydroxyl groups excluding tert-OH is 1. The molecular weight excluding hydrogens is 256 g/mol. The average Bonchev–Trinajstić information content (AvgIpc) is 2.65. The number of anilines is 2. The molecule has 4 heteroatoms. The van der Waals surface area contributed by atoms with Gasteiger partial charge in [0.2, 0.25) is 0 Å². The summed E-state index contributed by atoms with van der Waals surface area (Å²) in [5.41, 5.74) is 7.58. The van der Waals surface area contributed by atoms with E-state index in [1.807, 2.05) is 18.2 Å². The van der Waals surface area contributed by atoms with Crippen LogP contribution in [0.15, 0.2) is 22.7 Å². The van der Waals surface area contributed by atoms with Crippen molar-refractivity contribution in [3.63, 3.8) is 0 Å². The van der Waals surface area contributed by atoms with Crippen molar-refractivity contribution in [2.24, 2.45) is 0 Å². The van der Waals surface area contributed by atoms with Crippen LogP contribution in [0.25, 0.3) is 0 Å². The number of nitrogen functional groups attached to an aromatic ring is 1. The molecule has 0 saturated carbocycles. The third kappa shape index (κ3) is 2.11. The van der Waals surface area contributed by atoms with Crippen LogP contribution in [-0.4, -0.2) is 24.3 Å². The molecule has 2 rings (SSSR count). The number of halogens is 1. The van der Waals surface area contributed by atoms with Crippen LogP contribution >= 0.6 is 15.9 Å². The van der Waals surface area contributed by atoms with Crippen LogP contribution in [0.2, 0.25) is 0 Å². The van der Waals surface area contributed by atoms with Gasteiger partial charge in [-0.3, -0.25) is 0 Å². The summed E-state index contributed by atoms with van der Waals surface area (Å²) in [5.74, 6) is 0. The van der Waals surface area contributed by atoms with Gasteiger partial charge in [0.15, 0.2) is 0 Å². The summed E-state index contributed by atoms with van der Waals surface area (Å²) >= 11 is 3.51. The van der Waals surface area contributed by atoms with Crippen LogP contribution in [0.3, 0.4) is 0 Å². The van der Waals surface area contributed by atoms with E-state index in [0.29, 0.717) is 0 Å². The van der Waals surface area contributed by atoms with Gasteiger partial charge in [0, 0.05) is 16.7 Å². The SMILES string of the molecule is Nc1ccc(N2CCCC2CO)c(Br)c1. The number of nitrogens with zero attached hydrogens (tertiary/aromatic N) is 1. The van der Waals surface area contributed by atoms with Crippen molar-refractivity contribution in [1.29, 1.82) is 0 Å². The quantitative estimate of drug-likeness (QED) is 0.809. The Labute approximate surface area is 98.0 Å². The van der Waals surface area contributed by atoms with Gasteiger partial charge >= 0.3 is 0 Å². The second kappa shape index (κ2) is 4.41. The number of benzene rings is 1. The normalized spacial score (nSPS) is 20.9. The van der Waals surface area contributed by atoms with Crippen LogP contribution in [0.1, 0.15) is 12.8 Å². The molecule has 1 aromatic rings. The Hall–Kier alpha value is -0.740. The zero-order valence-corrected chi connectivity index (χ0v) is 10.1. The molecule has 15 heavy (non-hydrogen) atoms. The molecule has 0 radical (unpaired) electrons. The van der Waals surface area contributed by atoms with Crippen molar-refractivity contribution in [2.75, 3.05) is 23.8 Å². The molecule has 1 unspecified atom stereocenters. The van der Waals surface area contributed by atoms with Crippen molar-refractivity contribution in [3.05, 3.63) is 22.7 Å². The van der Waals surface area contributed by atoms with Crippen LogP contribution < -0.4 is 10.6 Å². The summed E-state index contributed by atoms with van der Waals surface area (Å²) in [6, 6.07) is 6.06. The van der Waals surface area contributed by atoms with Gasteiger partial charge < -0.3 is 15.7 Å². The first kappa shape index (κ1) is 10.8. The molecule has 3 N–H and O–H groups in total. The van der Waals surface area contributed by atoms with Gasteiger partial charge in [-0.1, -0.05) is 0 Å². The van der Waals surface area contributed by atoms with Gasteiger partial charge in [0.25, 0.3) is 0 Å². The van der Waals surface area contributed by atoms with Gasteiger partial charge in [-0.2, -0.15) is 0 Å². The molecule has 0 spiro atoms. The molecule has 82 valence electrons. The Bertz CT molecular complexity index is 356. The maximum absolute atomic E-state index is 9.26. The summed E-state index contributed by atoms with van der Waals surface area (Å²) in [6.07, 6.45) is 2.20. The summed E-state index contributed by atoms with van der Waals surface area (Å²) in [7, 11) is 0. The van der Waals surface area contributed by atoms with E-state index in [1.165, 1.54) is 0 Å². The van der Waals surface area contributed by atoms with E-state index in [2.05, 4.69) is 20.8 Å². The van der Waals surface area contributed by atoms with Crippen molar-refractivity contribution < 1.29 is 5.11 Å². The molecule has 1 aliphatic rings. The molecule has 3 nitrogen and oxygen atoms in total. The lowest BCUT2D eigenvalue weighted by atomic mass is 10.2. The highest BCUT2D eigenvalue weighted by Gasteiger charge is 2.25. The van der Waals surface area contributed by atoms with E-state index < -0.39 is 0 Å². The first-order chi connectivity index (χ1) is 7.22. The minimum atomic E-state index is 0.219. The topological polar surface area (TPSA) is 49.5 Å². The zero-order valence-electron chi connectivity index (χ0n) is 8.49. The fourth-order valence-corrected chi connectivity index (χ4v) is 2.72. The van der Waals surface area contributed by atoms with Crippen molar-refractivity contribution in [3.8, 4) is 0 Å². The number of nitrogens with two attached hydrogens (primary N) is 1. The second-order valence-corrected chi connectivity index (χ2v) is 4.74. The lowest BCUT2D eigenvalue weighted by Gasteiger charge is -2.26. The molecule has 0 amide bonds. The summed E-state index contributed by atoms with van der Waals surface area (Å²) in [6.45, 7) is 1.23. The Morgan fingerprint density at radius 1 is 1.53 bits per heavy atom. The van der Waals surface area contributed by atoms with Crippen molar-refractivity contribution in [1.82, 2.24) is 0 Å². The monoisotopic (exact) mass is 270 g/mol. The van der Waals surface area contributed by atoms with Crippen LogP contribution in [0.4, 0.5) is 11.4 Å². The zero-order chi connectivity index (χ0) is 10.8. The average molecular weight is 271 g/mol. The van der Waals surface area contributed by atoms with Gasteiger partial charge in [-0.15, -0.1) is 0 Å². The minimum Gasteiger partial charge on any atom is -0.399 e. The number of hydrogen-bond acceptors (Lipinski definition) is 3. The van der Waals surface area contributed by atoms with Gasteiger partial charge in [0.1, 0.15) is 0 Å². The van der Waals surface area contributed by atoms with E-state index in [0.717, 1.165) is 35.2 Å². The molecule has 1 aliphatic heterocycles. The summed E-state index contributed by atoms with van der Waals surface area (Å²) in [4.78, 5) is 2.24. The van der Waals surface area contributed by atoms with E-state index >= 15 is 0 Å². The van der Waals surface area contributed by atoms with Crippen LogP contribution in [-0.2, 0) is 0 Å². The van der Waals surface area contributed by atoms with Gasteiger partial charge in [0.05, 0.1) is 18.3 Å². The van der Waals surface area contributed by atoms with Crippen LogP contribution in [0, 0.1) is 0 Å². The maximum atomic E-state index is 9.26. The van der Waals surface area contributed by atoms with Gasteiger partial charge in [-0.05, 0) is 47.0 Å². The third-order valence-corrected chi connectivity index (χ3v) is 3.50. The fraction of sp³-hybridized carbons (Fsp3) is 0.455. The molecule has 1 saturated heterocycles. The van der Waals surface area contributed by atoms with E-state index in [9.17, 15) is 5.11 Å². The lowest BCUT2D eigenvalue weighted by molar-refractivity contribution is 0.266. The number of hydrogen-bond donors (Lipinski definition) is 2. The van der Waals surface area contributed by atoms with E-state index in [-0.39, 0.29) is 12.6 Å².